The fourth-order valence-corrected chi connectivity index (χ4v) is 1.02. The number of rotatable bonds is 4. The molecule has 0 radical (unpaired) electrons. The van der Waals surface area contributed by atoms with E-state index in [1.54, 1.807) is 13.3 Å². The average Bonchev–Trinajstić information content (AvgIpc) is 2.52. The number of esters is 1. The van der Waals surface area contributed by atoms with Gasteiger partial charge in [0.25, 0.3) is 0 Å². The number of nitrogens with zero attached hydrogens (tertiary/aromatic N) is 3. The highest BCUT2D eigenvalue weighted by atomic mass is 16.5. The van der Waals surface area contributed by atoms with Crippen LogP contribution < -0.4 is 0 Å². The summed E-state index contributed by atoms with van der Waals surface area (Å²) in [5.41, 5.74) is 0. The highest BCUT2D eigenvalue weighted by molar-refractivity contribution is 5.71. The van der Waals surface area contributed by atoms with Crippen molar-refractivity contribution >= 4 is 5.97 Å². The molecular formula is C8H13N3O2. The lowest BCUT2D eigenvalue weighted by Crippen LogP contribution is -2.12. The van der Waals surface area contributed by atoms with Crippen molar-refractivity contribution < 1.29 is 9.53 Å². The van der Waals surface area contributed by atoms with Gasteiger partial charge in [-0.3, -0.25) is 4.79 Å². The molecule has 0 aliphatic rings. The van der Waals surface area contributed by atoms with Crippen LogP contribution in [0.4, 0.5) is 0 Å². The summed E-state index contributed by atoms with van der Waals surface area (Å²) >= 11 is 0. The zero-order valence-corrected chi connectivity index (χ0v) is 7.86. The zero-order valence-electron chi connectivity index (χ0n) is 7.86. The van der Waals surface area contributed by atoms with Crippen molar-refractivity contribution in [2.45, 2.75) is 26.8 Å². The van der Waals surface area contributed by atoms with Crippen LogP contribution in [-0.2, 0) is 22.5 Å². The van der Waals surface area contributed by atoms with Gasteiger partial charge in [-0.15, -0.1) is 10.2 Å². The van der Waals surface area contributed by atoms with E-state index in [-0.39, 0.29) is 12.4 Å². The van der Waals surface area contributed by atoms with Gasteiger partial charge in [0.15, 0.2) is 0 Å². The van der Waals surface area contributed by atoms with E-state index in [1.807, 2.05) is 11.5 Å². The molecule has 0 N–H and O–H groups in total. The first-order chi connectivity index (χ1) is 6.27. The molecule has 72 valence electrons. The first kappa shape index (κ1) is 9.70. The summed E-state index contributed by atoms with van der Waals surface area (Å²) in [7, 11) is 0. The second-order valence-corrected chi connectivity index (χ2v) is 2.51. The molecule has 5 heteroatoms. The molecule has 0 bridgehead atoms. The Morgan fingerprint density at radius 2 is 2.38 bits per heavy atom. The molecule has 1 heterocycles. The van der Waals surface area contributed by atoms with Crippen molar-refractivity contribution in [2.75, 3.05) is 6.61 Å². The largest absolute Gasteiger partial charge is 0.466 e. The van der Waals surface area contributed by atoms with Gasteiger partial charge in [-0.1, -0.05) is 0 Å². The highest BCUT2D eigenvalue weighted by Gasteiger charge is 2.09. The third kappa shape index (κ3) is 2.54. The van der Waals surface area contributed by atoms with Gasteiger partial charge < -0.3 is 9.30 Å². The minimum atomic E-state index is -0.259. The molecule has 0 atom stereocenters. The van der Waals surface area contributed by atoms with Gasteiger partial charge in [-0.05, 0) is 13.8 Å². The van der Waals surface area contributed by atoms with Crippen LogP contribution in [0.2, 0.25) is 0 Å². The van der Waals surface area contributed by atoms with Gasteiger partial charge in [-0.2, -0.15) is 0 Å². The first-order valence-electron chi connectivity index (χ1n) is 4.30. The fourth-order valence-electron chi connectivity index (χ4n) is 1.02. The van der Waals surface area contributed by atoms with E-state index in [4.69, 9.17) is 4.74 Å². The minimum Gasteiger partial charge on any atom is -0.466 e. The normalized spacial score (nSPS) is 10.0. The second-order valence-electron chi connectivity index (χ2n) is 2.51. The summed E-state index contributed by atoms with van der Waals surface area (Å²) in [6.45, 7) is 4.92. The van der Waals surface area contributed by atoms with Crippen LogP contribution in [0.3, 0.4) is 0 Å². The predicted octanol–water partition coefficient (Wildman–Crippen LogP) is 0.404. The Balaban J connectivity index is 2.57. The van der Waals surface area contributed by atoms with Crippen LogP contribution in [0.5, 0.6) is 0 Å². The summed E-state index contributed by atoms with van der Waals surface area (Å²) in [5, 5.41) is 7.53. The number of hydrogen-bond acceptors (Lipinski definition) is 4. The molecule has 0 unspecified atom stereocenters. The Kier molecular flexibility index (Phi) is 3.42. The summed E-state index contributed by atoms with van der Waals surface area (Å²) in [6.07, 6.45) is 1.80. The van der Waals surface area contributed by atoms with E-state index in [0.29, 0.717) is 12.4 Å². The van der Waals surface area contributed by atoms with Gasteiger partial charge in [0.2, 0.25) is 0 Å². The fraction of sp³-hybridized carbons (Fsp3) is 0.625. The van der Waals surface area contributed by atoms with Crippen LogP contribution in [0.25, 0.3) is 0 Å². The monoisotopic (exact) mass is 183 g/mol. The topological polar surface area (TPSA) is 57.0 Å². The van der Waals surface area contributed by atoms with Crippen molar-refractivity contribution in [3.8, 4) is 0 Å². The van der Waals surface area contributed by atoms with E-state index < -0.39 is 0 Å². The van der Waals surface area contributed by atoms with Crippen molar-refractivity contribution in [1.82, 2.24) is 14.8 Å². The van der Waals surface area contributed by atoms with E-state index in [0.717, 1.165) is 6.54 Å². The average molecular weight is 183 g/mol. The lowest BCUT2D eigenvalue weighted by atomic mass is 10.4. The zero-order chi connectivity index (χ0) is 9.68. The molecule has 0 amide bonds. The Hall–Kier alpha value is -1.39. The molecule has 0 fully saturated rings. The number of carbonyl (C=O) groups is 1. The maximum absolute atomic E-state index is 11.1. The minimum absolute atomic E-state index is 0.196. The molecule has 0 aliphatic heterocycles. The van der Waals surface area contributed by atoms with Crippen LogP contribution in [0.1, 0.15) is 19.7 Å². The molecular weight excluding hydrogens is 170 g/mol. The molecule has 0 saturated heterocycles. The van der Waals surface area contributed by atoms with Crippen LogP contribution in [-0.4, -0.2) is 27.3 Å². The lowest BCUT2D eigenvalue weighted by molar-refractivity contribution is -0.142. The Labute approximate surface area is 76.7 Å². The van der Waals surface area contributed by atoms with E-state index in [2.05, 4.69) is 10.2 Å². The van der Waals surface area contributed by atoms with Gasteiger partial charge in [0.05, 0.1) is 6.61 Å². The second kappa shape index (κ2) is 4.59. The summed E-state index contributed by atoms with van der Waals surface area (Å²) < 4.78 is 6.61. The third-order valence-corrected chi connectivity index (χ3v) is 1.64. The molecule has 1 aromatic rings. The molecule has 5 nitrogen and oxygen atoms in total. The number of hydrogen-bond donors (Lipinski definition) is 0. The smallest absolute Gasteiger partial charge is 0.313 e. The Bertz CT molecular complexity index is 283. The number of aryl methyl sites for hydroxylation is 1. The van der Waals surface area contributed by atoms with Crippen molar-refractivity contribution in [3.05, 3.63) is 12.2 Å². The summed E-state index contributed by atoms with van der Waals surface area (Å²) in [6, 6.07) is 0. The van der Waals surface area contributed by atoms with Crippen LogP contribution in [0, 0.1) is 0 Å². The number of carbonyl (C=O) groups excluding carboxylic acids is 1. The Morgan fingerprint density at radius 3 is 3.00 bits per heavy atom. The number of ether oxygens (including phenoxy) is 1. The standard InChI is InChI=1S/C8H13N3O2/c1-3-11-6-9-10-7(11)5-8(12)13-4-2/h6H,3-5H2,1-2H3. The molecule has 1 rings (SSSR count). The molecule has 0 aliphatic carbocycles. The highest BCUT2D eigenvalue weighted by Crippen LogP contribution is 1.97. The van der Waals surface area contributed by atoms with Crippen molar-refractivity contribution in [1.29, 1.82) is 0 Å². The summed E-state index contributed by atoms with van der Waals surface area (Å²) in [4.78, 5) is 11.1. The van der Waals surface area contributed by atoms with Crippen LogP contribution >= 0.6 is 0 Å². The van der Waals surface area contributed by atoms with Crippen molar-refractivity contribution in [2.24, 2.45) is 0 Å². The maximum Gasteiger partial charge on any atom is 0.313 e. The summed E-state index contributed by atoms with van der Waals surface area (Å²) in [5.74, 6) is 0.395. The van der Waals surface area contributed by atoms with E-state index >= 15 is 0 Å². The molecule has 0 aromatic carbocycles. The van der Waals surface area contributed by atoms with E-state index in [1.165, 1.54) is 0 Å². The molecule has 13 heavy (non-hydrogen) atoms. The quantitative estimate of drug-likeness (QED) is 0.634. The van der Waals surface area contributed by atoms with Gasteiger partial charge in [0, 0.05) is 6.54 Å². The van der Waals surface area contributed by atoms with E-state index in [9.17, 15) is 4.79 Å². The van der Waals surface area contributed by atoms with Crippen molar-refractivity contribution in [3.63, 3.8) is 0 Å². The van der Waals surface area contributed by atoms with Gasteiger partial charge in [-0.25, -0.2) is 0 Å². The third-order valence-electron chi connectivity index (χ3n) is 1.64. The SMILES string of the molecule is CCOC(=O)Cc1nncn1CC. The molecule has 1 aromatic heterocycles. The van der Waals surface area contributed by atoms with Gasteiger partial charge >= 0.3 is 5.97 Å². The molecule has 0 spiro atoms. The lowest BCUT2D eigenvalue weighted by Gasteiger charge is -2.02. The molecule has 0 saturated carbocycles. The van der Waals surface area contributed by atoms with Gasteiger partial charge in [0.1, 0.15) is 18.6 Å². The predicted molar refractivity (Wildman–Crippen MR) is 46.0 cm³/mol. The Morgan fingerprint density at radius 1 is 1.62 bits per heavy atom. The first-order valence-corrected chi connectivity index (χ1v) is 4.30. The van der Waals surface area contributed by atoms with Crippen LogP contribution in [0.15, 0.2) is 6.33 Å². The maximum atomic E-state index is 11.1. The number of aromatic nitrogens is 3.